The third-order valence-corrected chi connectivity index (χ3v) is 11.7. The highest BCUT2D eigenvalue weighted by molar-refractivity contribution is 5.98. The van der Waals surface area contributed by atoms with E-state index in [0.29, 0.717) is 0 Å². The zero-order chi connectivity index (χ0) is 35.6. The maximum Gasteiger partial charge on any atom is 0.101 e. The number of fused-ring (bicyclic) bond motifs is 7. The summed E-state index contributed by atoms with van der Waals surface area (Å²) in [6, 6.07) is 55.5. The van der Waals surface area contributed by atoms with E-state index < -0.39 is 0 Å². The first-order valence-electron chi connectivity index (χ1n) is 18.5. The van der Waals surface area contributed by atoms with Crippen molar-refractivity contribution in [2.24, 2.45) is 5.73 Å². The molecule has 0 heterocycles. The van der Waals surface area contributed by atoms with Gasteiger partial charge in [0.05, 0.1) is 0 Å². The molecule has 2 heteroatoms. The quantitative estimate of drug-likeness (QED) is 0.165. The molecule has 2 aliphatic carbocycles. The summed E-state index contributed by atoms with van der Waals surface area (Å²) in [5.74, 6) is 0. The fraction of sp³-hybridized carbons (Fsp3) is 0.160. The van der Waals surface area contributed by atoms with Gasteiger partial charge in [0.2, 0.25) is 0 Å². The summed E-state index contributed by atoms with van der Waals surface area (Å²) in [5.41, 5.74) is 24.6. The molecule has 0 aliphatic heterocycles. The molecule has 0 saturated heterocycles. The van der Waals surface area contributed by atoms with Gasteiger partial charge in [0.1, 0.15) is 6.17 Å². The number of benzene rings is 7. The first-order chi connectivity index (χ1) is 25.2. The zero-order valence-electron chi connectivity index (χ0n) is 30.4. The molecule has 0 aromatic heterocycles. The van der Waals surface area contributed by atoms with Gasteiger partial charge >= 0.3 is 0 Å². The topological polar surface area (TPSA) is 38.0 Å². The van der Waals surface area contributed by atoms with Crippen molar-refractivity contribution in [3.05, 3.63) is 197 Å². The van der Waals surface area contributed by atoms with Gasteiger partial charge in [-0.05, 0) is 102 Å². The summed E-state index contributed by atoms with van der Waals surface area (Å²) < 4.78 is 0. The van der Waals surface area contributed by atoms with E-state index in [9.17, 15) is 0 Å². The lowest BCUT2D eigenvalue weighted by molar-refractivity contribution is 0.659. The van der Waals surface area contributed by atoms with Crippen LogP contribution in [0.25, 0.3) is 49.9 Å². The molecule has 3 N–H and O–H groups in total. The lowest BCUT2D eigenvalue weighted by Crippen LogP contribution is -2.27. The second-order valence-corrected chi connectivity index (χ2v) is 15.6. The summed E-state index contributed by atoms with van der Waals surface area (Å²) in [6.07, 6.45) is 2.75. The van der Waals surface area contributed by atoms with Gasteiger partial charge in [-0.2, -0.15) is 0 Å². The Morgan fingerprint density at radius 2 is 1.17 bits per heavy atom. The van der Waals surface area contributed by atoms with Crippen molar-refractivity contribution in [3.63, 3.8) is 0 Å². The molecule has 0 saturated carbocycles. The molecule has 52 heavy (non-hydrogen) atoms. The molecule has 0 bridgehead atoms. The monoisotopic (exact) mass is 672 g/mol. The summed E-state index contributed by atoms with van der Waals surface area (Å²) in [4.78, 5) is 0. The minimum atomic E-state index is -0.341. The number of nitrogens with two attached hydrogens (primary N) is 1. The van der Waals surface area contributed by atoms with Gasteiger partial charge in [-0.25, -0.2) is 0 Å². The maximum absolute atomic E-state index is 6.80. The van der Waals surface area contributed by atoms with E-state index in [1.807, 2.05) is 18.2 Å². The van der Waals surface area contributed by atoms with Crippen LogP contribution < -0.4 is 11.1 Å². The van der Waals surface area contributed by atoms with E-state index >= 15 is 0 Å². The third kappa shape index (κ3) is 5.21. The van der Waals surface area contributed by atoms with E-state index in [-0.39, 0.29) is 17.0 Å². The lowest BCUT2D eigenvalue weighted by atomic mass is 9.81. The van der Waals surface area contributed by atoms with Gasteiger partial charge in [-0.1, -0.05) is 173 Å². The predicted octanol–water partition coefficient (Wildman–Crippen LogP) is 12.0. The average Bonchev–Trinajstić information content (AvgIpc) is 3.54. The zero-order valence-corrected chi connectivity index (χ0v) is 30.4. The van der Waals surface area contributed by atoms with Crippen LogP contribution >= 0.6 is 0 Å². The van der Waals surface area contributed by atoms with E-state index in [4.69, 9.17) is 5.73 Å². The van der Waals surface area contributed by atoms with Crippen molar-refractivity contribution in [2.75, 3.05) is 0 Å². The molecular weight excluding hydrogens is 629 g/mol. The van der Waals surface area contributed by atoms with E-state index in [1.165, 1.54) is 72.0 Å². The van der Waals surface area contributed by atoms with Crippen molar-refractivity contribution < 1.29 is 0 Å². The number of rotatable bonds is 7. The molecule has 2 aliphatic rings. The van der Waals surface area contributed by atoms with Crippen LogP contribution in [-0.2, 0) is 17.3 Å². The van der Waals surface area contributed by atoms with Crippen LogP contribution in [0.15, 0.2) is 158 Å². The highest BCUT2D eigenvalue weighted by Gasteiger charge is 2.37. The van der Waals surface area contributed by atoms with Crippen molar-refractivity contribution in [1.82, 2.24) is 5.32 Å². The van der Waals surface area contributed by atoms with Crippen LogP contribution in [0, 0.1) is 0 Å². The van der Waals surface area contributed by atoms with E-state index in [2.05, 4.69) is 173 Å². The molecule has 7 aromatic rings. The second kappa shape index (κ2) is 12.2. The second-order valence-electron chi connectivity index (χ2n) is 15.6. The highest BCUT2D eigenvalue weighted by Crippen LogP contribution is 2.53. The van der Waals surface area contributed by atoms with Gasteiger partial charge in [0, 0.05) is 16.5 Å². The Bertz CT molecular complexity index is 2520. The Morgan fingerprint density at radius 1 is 0.558 bits per heavy atom. The summed E-state index contributed by atoms with van der Waals surface area (Å²) in [7, 11) is 0. The molecule has 9 rings (SSSR count). The van der Waals surface area contributed by atoms with Gasteiger partial charge in [-0.15, -0.1) is 0 Å². The Morgan fingerprint density at radius 3 is 1.96 bits per heavy atom. The number of nitrogens with one attached hydrogen (secondary N) is 1. The van der Waals surface area contributed by atoms with Crippen LogP contribution in [0.5, 0.6) is 0 Å². The summed E-state index contributed by atoms with van der Waals surface area (Å²) >= 11 is 0. The van der Waals surface area contributed by atoms with Crippen molar-refractivity contribution in [2.45, 2.75) is 51.1 Å². The fourth-order valence-electron chi connectivity index (χ4n) is 8.81. The maximum atomic E-state index is 6.80. The average molecular weight is 673 g/mol. The van der Waals surface area contributed by atoms with Crippen LogP contribution in [0.1, 0.15) is 72.8 Å². The SMILES string of the molecule is CC1(C)c2ccccc2-c2ccc(C/C=C(\NC(N)c3ccccc3)c3ccc(-c4cccc5c4-c4cc6ccccc6cc4C5(C)C)cc3)cc21. The molecule has 7 aromatic carbocycles. The molecular formula is C50H44N2. The van der Waals surface area contributed by atoms with Crippen molar-refractivity contribution >= 4 is 16.5 Å². The number of hydrogen-bond acceptors (Lipinski definition) is 2. The third-order valence-electron chi connectivity index (χ3n) is 11.7. The minimum absolute atomic E-state index is 0.0291. The summed E-state index contributed by atoms with van der Waals surface area (Å²) in [6.45, 7) is 9.40. The van der Waals surface area contributed by atoms with Gasteiger partial charge in [0.25, 0.3) is 0 Å². The van der Waals surface area contributed by atoms with Crippen LogP contribution in [0.4, 0.5) is 0 Å². The molecule has 0 spiro atoms. The van der Waals surface area contributed by atoms with Crippen molar-refractivity contribution in [1.29, 1.82) is 0 Å². The number of allylic oxidation sites excluding steroid dienone is 1. The van der Waals surface area contributed by atoms with Gasteiger partial charge in [0.15, 0.2) is 0 Å². The van der Waals surface area contributed by atoms with Gasteiger partial charge in [-0.3, -0.25) is 0 Å². The van der Waals surface area contributed by atoms with E-state index in [0.717, 1.165) is 23.2 Å². The summed E-state index contributed by atoms with van der Waals surface area (Å²) in [5, 5.41) is 6.26. The molecule has 1 unspecified atom stereocenters. The molecule has 0 amide bonds. The fourth-order valence-corrected chi connectivity index (χ4v) is 8.81. The molecule has 0 fully saturated rings. The largest absolute Gasteiger partial charge is 0.366 e. The Labute approximate surface area is 307 Å². The lowest BCUT2D eigenvalue weighted by Gasteiger charge is -2.22. The molecule has 2 nitrogen and oxygen atoms in total. The van der Waals surface area contributed by atoms with Crippen LogP contribution in [0.3, 0.4) is 0 Å². The van der Waals surface area contributed by atoms with Crippen LogP contribution in [0.2, 0.25) is 0 Å². The Hall–Kier alpha value is -5.70. The minimum Gasteiger partial charge on any atom is -0.366 e. The Kier molecular flexibility index (Phi) is 7.57. The normalized spacial score (nSPS) is 15.4. The van der Waals surface area contributed by atoms with E-state index in [1.54, 1.807) is 0 Å². The Balaban J connectivity index is 1.08. The number of hydrogen-bond donors (Lipinski definition) is 2. The van der Waals surface area contributed by atoms with Gasteiger partial charge < -0.3 is 11.1 Å². The first-order valence-corrected chi connectivity index (χ1v) is 18.5. The van der Waals surface area contributed by atoms with Crippen LogP contribution in [-0.4, -0.2) is 0 Å². The van der Waals surface area contributed by atoms with Crippen molar-refractivity contribution in [3.8, 4) is 33.4 Å². The predicted molar refractivity (Wildman–Crippen MR) is 219 cm³/mol. The highest BCUT2D eigenvalue weighted by atomic mass is 15.0. The first kappa shape index (κ1) is 32.2. The molecule has 254 valence electrons. The standard InChI is InChI=1S/C50H44N2/c1-49(2)42-19-11-10-17-39(42)40-27-21-32(29-44(40)49)22-28-46(52-48(51)35-13-6-5-7-14-35)34-25-23-33(24-26-34)38-18-12-20-43-47(38)41-30-36-15-8-9-16-37(36)31-45(41)50(43,3)4/h5-21,23-31,48,52H,22,51H2,1-4H3/b46-28-. The smallest absolute Gasteiger partial charge is 0.101 e. The molecule has 1 atom stereocenters. The molecule has 0 radical (unpaired) electrons.